The monoisotopic (exact) mass is 387 g/mol. The number of nitrogens with zero attached hydrogens (tertiary/aromatic N) is 4. The Morgan fingerprint density at radius 1 is 1.14 bits per heavy atom. The molecule has 0 atom stereocenters. The molecular weight excluding hydrogens is 362 g/mol. The summed E-state index contributed by atoms with van der Waals surface area (Å²) in [6, 6.07) is 19.7. The van der Waals surface area contributed by atoms with Gasteiger partial charge in [-0.2, -0.15) is 5.26 Å². The van der Waals surface area contributed by atoms with Crippen LogP contribution in [0.4, 0.5) is 0 Å². The van der Waals surface area contributed by atoms with Crippen LogP contribution in [0, 0.1) is 11.3 Å². The lowest BCUT2D eigenvalue weighted by molar-refractivity contribution is -0.128. The van der Waals surface area contributed by atoms with Crippen LogP contribution in [0.1, 0.15) is 22.4 Å². The zero-order valence-corrected chi connectivity index (χ0v) is 16.6. The number of carbonyl (C=O) groups excluding carboxylic acids is 1. The van der Waals surface area contributed by atoms with Crippen LogP contribution in [0.25, 0.3) is 0 Å². The molecule has 3 rings (SSSR count). The quantitative estimate of drug-likeness (QED) is 0.612. The minimum absolute atomic E-state index is 0.0686. The molecule has 1 heterocycles. The first kappa shape index (κ1) is 20.3. The first-order chi connectivity index (χ1) is 14.2. The molecule has 1 aromatic heterocycles. The van der Waals surface area contributed by atoms with E-state index in [0.29, 0.717) is 31.7 Å². The predicted molar refractivity (Wildman–Crippen MR) is 112 cm³/mol. The van der Waals surface area contributed by atoms with Gasteiger partial charge in [0.2, 0.25) is 5.91 Å². The maximum atomic E-state index is 12.3. The van der Waals surface area contributed by atoms with Crippen molar-refractivity contribution < 1.29 is 4.79 Å². The summed E-state index contributed by atoms with van der Waals surface area (Å²) in [5, 5.41) is 12.1. The van der Waals surface area contributed by atoms with Crippen LogP contribution >= 0.6 is 0 Å². The second-order valence-corrected chi connectivity index (χ2v) is 6.98. The molecule has 0 radical (unpaired) electrons. The molecule has 0 bridgehead atoms. The van der Waals surface area contributed by atoms with Crippen molar-refractivity contribution >= 4 is 5.91 Å². The van der Waals surface area contributed by atoms with Gasteiger partial charge >= 0.3 is 0 Å². The van der Waals surface area contributed by atoms with E-state index in [1.807, 2.05) is 67.8 Å². The van der Waals surface area contributed by atoms with Crippen LogP contribution in [0.5, 0.6) is 0 Å². The minimum atomic E-state index is 0.0686. The number of hydrogen-bond acceptors (Lipinski definition) is 4. The van der Waals surface area contributed by atoms with E-state index in [1.165, 1.54) is 0 Å². The van der Waals surface area contributed by atoms with Gasteiger partial charge < -0.3 is 14.8 Å². The van der Waals surface area contributed by atoms with Crippen molar-refractivity contribution in [2.75, 3.05) is 20.1 Å². The third-order valence-corrected chi connectivity index (χ3v) is 4.81. The summed E-state index contributed by atoms with van der Waals surface area (Å²) in [6.07, 6.45) is 4.38. The molecule has 0 aliphatic carbocycles. The zero-order chi connectivity index (χ0) is 20.5. The van der Waals surface area contributed by atoms with Crippen molar-refractivity contribution in [3.05, 3.63) is 89.5 Å². The Bertz CT molecular complexity index is 957. The third-order valence-electron chi connectivity index (χ3n) is 4.81. The fourth-order valence-corrected chi connectivity index (χ4v) is 3.03. The van der Waals surface area contributed by atoms with Gasteiger partial charge in [0, 0.05) is 45.0 Å². The Morgan fingerprint density at radius 3 is 2.62 bits per heavy atom. The molecule has 0 saturated carbocycles. The summed E-state index contributed by atoms with van der Waals surface area (Å²) in [6.45, 7) is 2.32. The molecule has 2 aromatic carbocycles. The summed E-state index contributed by atoms with van der Waals surface area (Å²) in [5.74, 6) is 0.0686. The van der Waals surface area contributed by atoms with Crippen LogP contribution < -0.4 is 5.32 Å². The van der Waals surface area contributed by atoms with Gasteiger partial charge in [-0.25, -0.2) is 4.98 Å². The van der Waals surface area contributed by atoms with Gasteiger partial charge in [0.05, 0.1) is 24.5 Å². The lowest BCUT2D eigenvalue weighted by Crippen LogP contribution is -2.36. The number of likely N-dealkylation sites (N-methyl/N-ethyl adjacent to an activating group) is 1. The van der Waals surface area contributed by atoms with Crippen LogP contribution in [-0.4, -0.2) is 40.5 Å². The third kappa shape index (κ3) is 6.03. The summed E-state index contributed by atoms with van der Waals surface area (Å²) < 4.78 is 2.08. The summed E-state index contributed by atoms with van der Waals surface area (Å²) >= 11 is 0. The molecule has 6 nitrogen and oxygen atoms in total. The van der Waals surface area contributed by atoms with Crippen molar-refractivity contribution in [2.24, 2.45) is 0 Å². The zero-order valence-electron chi connectivity index (χ0n) is 16.6. The number of rotatable bonds is 9. The van der Waals surface area contributed by atoms with Crippen molar-refractivity contribution in [3.63, 3.8) is 0 Å². The van der Waals surface area contributed by atoms with E-state index >= 15 is 0 Å². The molecule has 0 unspecified atom stereocenters. The second kappa shape index (κ2) is 10.2. The van der Waals surface area contributed by atoms with Crippen molar-refractivity contribution in [1.29, 1.82) is 5.26 Å². The van der Waals surface area contributed by atoms with E-state index < -0.39 is 0 Å². The first-order valence-electron chi connectivity index (χ1n) is 9.62. The molecule has 3 aromatic rings. The Labute approximate surface area is 171 Å². The molecule has 0 aliphatic heterocycles. The SMILES string of the molecule is CN(CCc1cncn1Cc1ccc(C#N)cc1)C(=O)CNCc1ccccc1. The second-order valence-electron chi connectivity index (χ2n) is 6.98. The number of nitrogens with one attached hydrogen (secondary N) is 1. The number of aromatic nitrogens is 2. The fraction of sp³-hybridized carbons (Fsp3) is 0.261. The fourth-order valence-electron chi connectivity index (χ4n) is 3.03. The Balaban J connectivity index is 1.46. The normalized spacial score (nSPS) is 10.5. The van der Waals surface area contributed by atoms with Gasteiger partial charge in [-0.3, -0.25) is 4.79 Å². The Morgan fingerprint density at radius 2 is 1.90 bits per heavy atom. The average molecular weight is 387 g/mol. The molecule has 1 amide bonds. The van der Waals surface area contributed by atoms with Crippen molar-refractivity contribution in [1.82, 2.24) is 19.8 Å². The van der Waals surface area contributed by atoms with Crippen molar-refractivity contribution in [2.45, 2.75) is 19.5 Å². The smallest absolute Gasteiger partial charge is 0.236 e. The molecule has 6 heteroatoms. The molecule has 29 heavy (non-hydrogen) atoms. The van der Waals surface area contributed by atoms with E-state index in [0.717, 1.165) is 23.2 Å². The number of imidazole rings is 1. The van der Waals surface area contributed by atoms with E-state index in [2.05, 4.69) is 20.9 Å². The molecule has 0 fully saturated rings. The lowest BCUT2D eigenvalue weighted by atomic mass is 10.1. The van der Waals surface area contributed by atoms with Gasteiger partial charge in [-0.05, 0) is 23.3 Å². The highest BCUT2D eigenvalue weighted by atomic mass is 16.2. The Kier molecular flexibility index (Phi) is 7.15. The van der Waals surface area contributed by atoms with E-state index in [1.54, 1.807) is 11.2 Å². The summed E-state index contributed by atoms with van der Waals surface area (Å²) in [7, 11) is 1.83. The number of carbonyl (C=O) groups is 1. The molecule has 148 valence electrons. The topological polar surface area (TPSA) is 74.0 Å². The highest BCUT2D eigenvalue weighted by Crippen LogP contribution is 2.09. The highest BCUT2D eigenvalue weighted by Gasteiger charge is 2.10. The van der Waals surface area contributed by atoms with Crippen LogP contribution in [0.2, 0.25) is 0 Å². The van der Waals surface area contributed by atoms with Crippen LogP contribution in [0.15, 0.2) is 67.1 Å². The molecule has 0 aliphatic rings. The number of amides is 1. The minimum Gasteiger partial charge on any atom is -0.344 e. The number of nitriles is 1. The average Bonchev–Trinajstić information content (AvgIpc) is 3.20. The van der Waals surface area contributed by atoms with Crippen LogP contribution in [0.3, 0.4) is 0 Å². The molecule has 1 N–H and O–H groups in total. The molecular formula is C23H25N5O. The van der Waals surface area contributed by atoms with Gasteiger partial charge in [0.1, 0.15) is 0 Å². The van der Waals surface area contributed by atoms with E-state index in [-0.39, 0.29) is 5.91 Å². The lowest BCUT2D eigenvalue weighted by Gasteiger charge is -2.18. The Hall–Kier alpha value is -3.43. The first-order valence-corrected chi connectivity index (χ1v) is 9.62. The van der Waals surface area contributed by atoms with Gasteiger partial charge in [-0.15, -0.1) is 0 Å². The highest BCUT2D eigenvalue weighted by molar-refractivity contribution is 5.77. The maximum Gasteiger partial charge on any atom is 0.236 e. The molecule has 0 spiro atoms. The predicted octanol–water partition coefficient (Wildman–Crippen LogP) is 2.59. The largest absolute Gasteiger partial charge is 0.344 e. The van der Waals surface area contributed by atoms with E-state index in [9.17, 15) is 4.79 Å². The van der Waals surface area contributed by atoms with Gasteiger partial charge in [0.15, 0.2) is 0 Å². The van der Waals surface area contributed by atoms with E-state index in [4.69, 9.17) is 5.26 Å². The van der Waals surface area contributed by atoms with Gasteiger partial charge in [0.25, 0.3) is 0 Å². The standard InChI is InChI=1S/C23H25N5O/c1-27(23(29)16-25-14-20-5-3-2-4-6-20)12-11-22-15-26-18-28(22)17-21-9-7-19(13-24)8-10-21/h2-10,15,18,25H,11-12,14,16-17H2,1H3. The summed E-state index contributed by atoms with van der Waals surface area (Å²) in [5.41, 5.74) is 4.00. The maximum absolute atomic E-state index is 12.3. The number of benzene rings is 2. The van der Waals surface area contributed by atoms with Crippen LogP contribution in [-0.2, 0) is 24.3 Å². The van der Waals surface area contributed by atoms with Crippen molar-refractivity contribution in [3.8, 4) is 6.07 Å². The number of hydrogen-bond donors (Lipinski definition) is 1. The summed E-state index contributed by atoms with van der Waals surface area (Å²) in [4.78, 5) is 18.3. The molecule has 0 saturated heterocycles. The van der Waals surface area contributed by atoms with Gasteiger partial charge in [-0.1, -0.05) is 42.5 Å².